The van der Waals surface area contributed by atoms with Crippen molar-refractivity contribution in [2.75, 3.05) is 13.2 Å². The van der Waals surface area contributed by atoms with Crippen LogP contribution in [0, 0.1) is 0 Å². The quantitative estimate of drug-likeness (QED) is 0.0261. The SMILES string of the molecule is CCCCCC/C=C\C/C=C\CCCCCCCC(=O)OCC(COC(=O)CCCCCCCCCCCCCCCCCCCCC/C=C\CCCCCCCCCC)OC(=O)CCCCCCCCCCCCCCCCCCCC. The lowest BCUT2D eigenvalue weighted by Crippen LogP contribution is -2.30. The van der Waals surface area contributed by atoms with Gasteiger partial charge in [0.25, 0.3) is 0 Å². The highest BCUT2D eigenvalue weighted by Crippen LogP contribution is 2.19. The van der Waals surface area contributed by atoms with Crippen LogP contribution in [0.25, 0.3) is 0 Å². The van der Waals surface area contributed by atoms with Crippen molar-refractivity contribution < 1.29 is 28.6 Å². The minimum atomic E-state index is -0.776. The van der Waals surface area contributed by atoms with Crippen LogP contribution >= 0.6 is 0 Å². The Morgan fingerprint density at radius 3 is 0.687 bits per heavy atom. The zero-order valence-electron chi connectivity index (χ0n) is 56.2. The van der Waals surface area contributed by atoms with Crippen molar-refractivity contribution in [1.82, 2.24) is 0 Å². The zero-order valence-corrected chi connectivity index (χ0v) is 56.2. The highest BCUT2D eigenvalue weighted by Gasteiger charge is 2.20. The summed E-state index contributed by atoms with van der Waals surface area (Å²) >= 11 is 0. The van der Waals surface area contributed by atoms with Crippen molar-refractivity contribution in [3.8, 4) is 0 Å². The van der Waals surface area contributed by atoms with E-state index < -0.39 is 6.10 Å². The molecule has 0 N–H and O–H groups in total. The number of carbonyl (C=O) groups is 3. The summed E-state index contributed by atoms with van der Waals surface area (Å²) in [5.41, 5.74) is 0. The van der Waals surface area contributed by atoms with Gasteiger partial charge >= 0.3 is 17.9 Å². The molecule has 1 atom stereocenters. The van der Waals surface area contributed by atoms with Crippen molar-refractivity contribution in [1.29, 1.82) is 0 Å². The van der Waals surface area contributed by atoms with Crippen molar-refractivity contribution in [3.63, 3.8) is 0 Å². The molecule has 0 saturated heterocycles. The smallest absolute Gasteiger partial charge is 0.306 e. The molecule has 488 valence electrons. The largest absolute Gasteiger partial charge is 0.462 e. The molecule has 0 aliphatic carbocycles. The Labute approximate surface area is 518 Å². The van der Waals surface area contributed by atoms with E-state index in [1.54, 1.807) is 0 Å². The molecule has 0 radical (unpaired) electrons. The van der Waals surface area contributed by atoms with Crippen LogP contribution < -0.4 is 0 Å². The summed E-state index contributed by atoms with van der Waals surface area (Å²) in [5.74, 6) is -0.852. The van der Waals surface area contributed by atoms with Gasteiger partial charge in [-0.05, 0) is 77.0 Å². The third-order valence-electron chi connectivity index (χ3n) is 17.1. The fraction of sp³-hybridized carbons (Fsp3) is 0.883. The summed E-state index contributed by atoms with van der Waals surface area (Å²) in [5, 5.41) is 0. The number of hydrogen-bond acceptors (Lipinski definition) is 6. The Balaban J connectivity index is 4.19. The third-order valence-corrected chi connectivity index (χ3v) is 17.1. The number of carbonyl (C=O) groups excluding carboxylic acids is 3. The first-order valence-corrected chi connectivity index (χ1v) is 37.5. The van der Waals surface area contributed by atoms with E-state index in [0.717, 1.165) is 77.0 Å². The molecule has 0 saturated carbocycles. The van der Waals surface area contributed by atoms with Crippen molar-refractivity contribution in [2.45, 2.75) is 425 Å². The lowest BCUT2D eigenvalue weighted by atomic mass is 10.0. The van der Waals surface area contributed by atoms with Crippen molar-refractivity contribution >= 4 is 17.9 Å². The topological polar surface area (TPSA) is 78.9 Å². The van der Waals surface area contributed by atoms with Crippen LogP contribution in [0.15, 0.2) is 36.5 Å². The van der Waals surface area contributed by atoms with Gasteiger partial charge in [-0.15, -0.1) is 0 Å². The highest BCUT2D eigenvalue weighted by molar-refractivity contribution is 5.71. The van der Waals surface area contributed by atoms with E-state index in [1.807, 2.05) is 0 Å². The molecular weight excluding hydrogens is 1020 g/mol. The van der Waals surface area contributed by atoms with E-state index in [9.17, 15) is 14.4 Å². The van der Waals surface area contributed by atoms with Gasteiger partial charge in [0.15, 0.2) is 6.10 Å². The molecule has 0 bridgehead atoms. The number of allylic oxidation sites excluding steroid dienone is 6. The van der Waals surface area contributed by atoms with Gasteiger partial charge in [0.05, 0.1) is 0 Å². The fourth-order valence-corrected chi connectivity index (χ4v) is 11.5. The van der Waals surface area contributed by atoms with Gasteiger partial charge in [-0.2, -0.15) is 0 Å². The molecule has 0 spiro atoms. The number of rotatable bonds is 70. The fourth-order valence-electron chi connectivity index (χ4n) is 11.5. The van der Waals surface area contributed by atoms with Gasteiger partial charge in [-0.25, -0.2) is 0 Å². The maximum Gasteiger partial charge on any atom is 0.306 e. The third kappa shape index (κ3) is 70.3. The molecule has 0 aliphatic heterocycles. The van der Waals surface area contributed by atoms with Crippen molar-refractivity contribution in [3.05, 3.63) is 36.5 Å². The van der Waals surface area contributed by atoms with Gasteiger partial charge in [0.1, 0.15) is 13.2 Å². The van der Waals surface area contributed by atoms with E-state index in [1.165, 1.54) is 302 Å². The monoisotopic (exact) mass is 1170 g/mol. The molecule has 0 aromatic carbocycles. The van der Waals surface area contributed by atoms with Gasteiger partial charge in [-0.1, -0.05) is 359 Å². The predicted octanol–water partition coefficient (Wildman–Crippen LogP) is 25.9. The number of hydrogen-bond donors (Lipinski definition) is 0. The Morgan fingerprint density at radius 2 is 0.434 bits per heavy atom. The standard InChI is InChI=1S/C77H144O6/c1-4-7-10-13-16-19-22-25-28-31-33-34-35-36-37-38-39-40-41-42-43-44-45-47-49-52-55-58-61-64-67-70-76(79)82-73-74(72-81-75(78)69-66-63-60-57-54-51-48-30-27-24-21-18-15-12-9-6-3)83-77(80)71-68-65-62-59-56-53-50-46-32-29-26-23-20-17-14-11-8-5-2/h21,24,30-31,33,48,74H,4-20,22-23,25-29,32,34-47,49-73H2,1-3H3/b24-21-,33-31-,48-30-. The average Bonchev–Trinajstić information content (AvgIpc) is 3.49. The summed E-state index contributed by atoms with van der Waals surface area (Å²) < 4.78 is 17.0. The zero-order chi connectivity index (χ0) is 59.9. The van der Waals surface area contributed by atoms with Crippen LogP contribution in [0.2, 0.25) is 0 Å². The maximum atomic E-state index is 13.0. The molecule has 0 aromatic rings. The molecule has 6 heteroatoms. The van der Waals surface area contributed by atoms with E-state index in [2.05, 4.69) is 57.2 Å². The van der Waals surface area contributed by atoms with Crippen LogP contribution in [0.3, 0.4) is 0 Å². The molecular formula is C77H144O6. The Morgan fingerprint density at radius 1 is 0.241 bits per heavy atom. The molecule has 0 aromatic heterocycles. The van der Waals surface area contributed by atoms with Gasteiger partial charge in [0, 0.05) is 19.3 Å². The molecule has 1 unspecified atom stereocenters. The number of ether oxygens (including phenoxy) is 3. The van der Waals surface area contributed by atoms with E-state index >= 15 is 0 Å². The van der Waals surface area contributed by atoms with Crippen LogP contribution in [0.1, 0.15) is 419 Å². The van der Waals surface area contributed by atoms with E-state index in [4.69, 9.17) is 14.2 Å². The molecule has 0 aliphatic rings. The normalized spacial score (nSPS) is 12.2. The minimum Gasteiger partial charge on any atom is -0.462 e. The maximum absolute atomic E-state index is 13.0. The van der Waals surface area contributed by atoms with E-state index in [0.29, 0.717) is 19.3 Å². The van der Waals surface area contributed by atoms with Gasteiger partial charge < -0.3 is 14.2 Å². The number of esters is 3. The number of unbranched alkanes of at least 4 members (excludes halogenated alkanes) is 53. The molecule has 6 nitrogen and oxygen atoms in total. The second kappa shape index (κ2) is 72.1. The summed E-state index contributed by atoms with van der Waals surface area (Å²) in [4.78, 5) is 38.5. The Kier molecular flexibility index (Phi) is 70.0. The summed E-state index contributed by atoms with van der Waals surface area (Å²) in [6.45, 7) is 6.69. The average molecular weight is 1170 g/mol. The van der Waals surface area contributed by atoms with Gasteiger partial charge in [-0.3, -0.25) is 14.4 Å². The van der Waals surface area contributed by atoms with Crippen molar-refractivity contribution in [2.24, 2.45) is 0 Å². The molecule has 0 rings (SSSR count). The molecule has 83 heavy (non-hydrogen) atoms. The highest BCUT2D eigenvalue weighted by atomic mass is 16.6. The lowest BCUT2D eigenvalue weighted by Gasteiger charge is -2.18. The second-order valence-electron chi connectivity index (χ2n) is 25.6. The summed E-state index contributed by atoms with van der Waals surface area (Å²) in [6, 6.07) is 0. The first-order chi connectivity index (χ1) is 41.0. The molecule has 0 heterocycles. The predicted molar refractivity (Wildman–Crippen MR) is 362 cm³/mol. The minimum absolute atomic E-state index is 0.0706. The van der Waals surface area contributed by atoms with Crippen LogP contribution in [0.4, 0.5) is 0 Å². The van der Waals surface area contributed by atoms with Crippen LogP contribution in [-0.2, 0) is 28.6 Å². The molecule has 0 fully saturated rings. The van der Waals surface area contributed by atoms with Crippen LogP contribution in [0.5, 0.6) is 0 Å². The second-order valence-corrected chi connectivity index (χ2v) is 25.6. The summed E-state index contributed by atoms with van der Waals surface area (Å²) in [7, 11) is 0. The Hall–Kier alpha value is -2.37. The van der Waals surface area contributed by atoms with E-state index in [-0.39, 0.29) is 31.1 Å². The first kappa shape index (κ1) is 80.6. The lowest BCUT2D eigenvalue weighted by molar-refractivity contribution is -0.167. The molecule has 0 amide bonds. The first-order valence-electron chi connectivity index (χ1n) is 37.5. The Bertz CT molecular complexity index is 1380. The van der Waals surface area contributed by atoms with Crippen LogP contribution in [-0.4, -0.2) is 37.2 Å². The summed E-state index contributed by atoms with van der Waals surface area (Å²) in [6.07, 6.45) is 90.5. The van der Waals surface area contributed by atoms with Gasteiger partial charge in [0.2, 0.25) is 0 Å².